The molecule has 2 aromatic carbocycles. The molecule has 0 bridgehead atoms. The number of aromatic nitrogens is 4. The number of carbonyl (C=O) groups excluding carboxylic acids is 1. The van der Waals surface area contributed by atoms with Crippen LogP contribution in [0.1, 0.15) is 44.0 Å². The second kappa shape index (κ2) is 16.2. The van der Waals surface area contributed by atoms with E-state index in [1.807, 2.05) is 41.3 Å². The van der Waals surface area contributed by atoms with Crippen LogP contribution in [0.4, 0.5) is 0 Å². The van der Waals surface area contributed by atoms with E-state index >= 15 is 0 Å². The summed E-state index contributed by atoms with van der Waals surface area (Å²) in [7, 11) is 3.16. The lowest BCUT2D eigenvalue weighted by Gasteiger charge is -2.23. The van der Waals surface area contributed by atoms with Crippen molar-refractivity contribution in [3.05, 3.63) is 82.5 Å². The summed E-state index contributed by atoms with van der Waals surface area (Å²) in [6.07, 6.45) is 7.47. The molecule has 0 unspecified atom stereocenters. The third-order valence-corrected chi connectivity index (χ3v) is 10.0. The number of hydrogen-bond donors (Lipinski definition) is 3. The number of benzene rings is 2. The highest BCUT2D eigenvalue weighted by Gasteiger charge is 2.26. The van der Waals surface area contributed by atoms with Gasteiger partial charge in [-0.25, -0.2) is 9.97 Å². The summed E-state index contributed by atoms with van der Waals surface area (Å²) in [6, 6.07) is 12.0. The van der Waals surface area contributed by atoms with Crippen molar-refractivity contribution in [2.45, 2.75) is 57.8 Å². The Morgan fingerprint density at radius 1 is 0.880 bits per heavy atom. The molecule has 3 N–H and O–H groups in total. The Hall–Kier alpha value is -4.29. The van der Waals surface area contributed by atoms with Gasteiger partial charge < -0.3 is 30.3 Å². The van der Waals surface area contributed by atoms with E-state index in [1.165, 1.54) is 0 Å². The predicted molar refractivity (Wildman–Crippen MR) is 196 cm³/mol. The van der Waals surface area contributed by atoms with E-state index in [-0.39, 0.29) is 11.9 Å². The largest absolute Gasteiger partial charge is 0.480 e. The quantitative estimate of drug-likeness (QED) is 0.151. The lowest BCUT2D eigenvalue weighted by molar-refractivity contribution is -0.129. The number of rotatable bonds is 13. The fraction of sp³-hybridized carbons (Fsp3) is 0.378. The number of amides is 1. The van der Waals surface area contributed by atoms with Crippen molar-refractivity contribution >= 4 is 29.1 Å². The number of allylic oxidation sites excluding steroid dienone is 1. The number of methoxy groups -OCH3 is 2. The van der Waals surface area contributed by atoms with Crippen LogP contribution in [0, 0.1) is 0 Å². The number of hydrogen-bond acceptors (Lipinski definition) is 10. The van der Waals surface area contributed by atoms with Crippen molar-refractivity contribution in [2.75, 3.05) is 33.9 Å². The number of likely N-dealkylation sites (tertiary alicyclic amines) is 1. The second-order valence-corrected chi connectivity index (χ2v) is 13.3. The van der Waals surface area contributed by atoms with Gasteiger partial charge in [-0.3, -0.25) is 14.8 Å². The average molecular weight is 718 g/mol. The van der Waals surface area contributed by atoms with Crippen LogP contribution in [-0.4, -0.2) is 76.7 Å². The Kier molecular flexibility index (Phi) is 11.5. The SMILES string of the molecule is C=C1CC[C@@H](CNCc2ncc(-c3cccc(-c4cccc(-c5cnc(CNC[C@@H]6CCCN6C(C)=O)c(OC)n5)c4Cl)c3Cl)nc2OC)N1. The minimum atomic E-state index is 0.106. The number of carbonyl (C=O) groups is 1. The first-order valence-electron chi connectivity index (χ1n) is 16.8. The molecule has 262 valence electrons. The Morgan fingerprint density at radius 3 is 1.92 bits per heavy atom. The molecule has 13 heteroatoms. The Morgan fingerprint density at radius 2 is 1.42 bits per heavy atom. The van der Waals surface area contributed by atoms with Crippen LogP contribution in [0.5, 0.6) is 11.8 Å². The standard InChI is InChI=1S/C37H42Cl2N8O3/c1-22-13-14-24(44-22)16-40-18-32-36(49-3)45-30(20-42-32)28-11-5-9-26(34(28)38)27-10-6-12-29(35(27)39)31-21-43-33(37(46-31)50-4)19-41-17-25-8-7-15-47(25)23(2)48/h5-6,9-12,20-21,24-25,40-41,44H,1,7-8,13-19H2,2-4H3/t24-,25-/m0/s1. The lowest BCUT2D eigenvalue weighted by atomic mass is 9.98. The Balaban J connectivity index is 1.19. The molecule has 11 nitrogen and oxygen atoms in total. The van der Waals surface area contributed by atoms with Crippen LogP contribution in [0.2, 0.25) is 10.0 Å². The number of nitrogens with one attached hydrogen (secondary N) is 3. The van der Waals surface area contributed by atoms with E-state index in [9.17, 15) is 4.79 Å². The first-order valence-corrected chi connectivity index (χ1v) is 17.5. The molecule has 0 aliphatic carbocycles. The predicted octanol–water partition coefficient (Wildman–Crippen LogP) is 6.05. The number of ether oxygens (including phenoxy) is 2. The highest BCUT2D eigenvalue weighted by atomic mass is 35.5. The minimum Gasteiger partial charge on any atom is -0.480 e. The van der Waals surface area contributed by atoms with Gasteiger partial charge in [0.2, 0.25) is 17.7 Å². The van der Waals surface area contributed by atoms with Gasteiger partial charge in [-0.1, -0.05) is 66.2 Å². The van der Waals surface area contributed by atoms with E-state index in [2.05, 4.69) is 32.5 Å². The van der Waals surface area contributed by atoms with Crippen LogP contribution in [0.15, 0.2) is 61.1 Å². The molecule has 6 rings (SSSR count). The minimum absolute atomic E-state index is 0.106. The summed E-state index contributed by atoms with van der Waals surface area (Å²) in [4.78, 5) is 32.7. The third-order valence-electron chi connectivity index (χ3n) is 9.19. The fourth-order valence-electron chi connectivity index (χ4n) is 6.62. The van der Waals surface area contributed by atoms with Gasteiger partial charge in [-0.15, -0.1) is 0 Å². The van der Waals surface area contributed by atoms with Gasteiger partial charge in [0.25, 0.3) is 0 Å². The van der Waals surface area contributed by atoms with Gasteiger partial charge in [-0.2, -0.15) is 0 Å². The number of halogens is 2. The zero-order valence-corrected chi connectivity index (χ0v) is 30.1. The van der Waals surface area contributed by atoms with Crippen molar-refractivity contribution in [3.63, 3.8) is 0 Å². The molecule has 2 atom stereocenters. The molecule has 2 aliphatic heterocycles. The highest BCUT2D eigenvalue weighted by molar-refractivity contribution is 6.39. The normalized spacial score (nSPS) is 17.2. The van der Waals surface area contributed by atoms with Crippen molar-refractivity contribution in [1.29, 1.82) is 0 Å². The molecule has 4 aromatic rings. The van der Waals surface area contributed by atoms with Crippen molar-refractivity contribution in [3.8, 4) is 45.4 Å². The van der Waals surface area contributed by atoms with Crippen molar-refractivity contribution in [1.82, 2.24) is 40.8 Å². The molecule has 1 amide bonds. The molecule has 0 saturated carbocycles. The first-order chi connectivity index (χ1) is 24.3. The first kappa shape index (κ1) is 35.5. The van der Waals surface area contributed by atoms with Crippen LogP contribution in [-0.2, 0) is 17.9 Å². The molecule has 0 spiro atoms. The van der Waals surface area contributed by atoms with E-state index in [4.69, 9.17) is 42.6 Å². The van der Waals surface area contributed by atoms with Gasteiger partial charge in [0.05, 0.1) is 48.0 Å². The van der Waals surface area contributed by atoms with Crippen LogP contribution >= 0.6 is 23.2 Å². The summed E-state index contributed by atoms with van der Waals surface area (Å²) in [5.74, 6) is 0.941. The molecule has 2 aliphatic rings. The molecule has 2 aromatic heterocycles. The summed E-state index contributed by atoms with van der Waals surface area (Å²) < 4.78 is 11.3. The zero-order valence-electron chi connectivity index (χ0n) is 28.6. The highest BCUT2D eigenvalue weighted by Crippen LogP contribution is 2.42. The average Bonchev–Trinajstić information content (AvgIpc) is 3.78. The Labute approximate surface area is 302 Å². The van der Waals surface area contributed by atoms with Crippen molar-refractivity contribution < 1.29 is 14.3 Å². The number of nitrogens with zero attached hydrogens (tertiary/aromatic N) is 5. The maximum Gasteiger partial charge on any atom is 0.237 e. The van der Waals surface area contributed by atoms with E-state index < -0.39 is 0 Å². The van der Waals surface area contributed by atoms with Gasteiger partial charge in [0.1, 0.15) is 11.4 Å². The smallest absolute Gasteiger partial charge is 0.237 e. The van der Waals surface area contributed by atoms with Crippen LogP contribution in [0.25, 0.3) is 33.6 Å². The van der Waals surface area contributed by atoms with E-state index in [1.54, 1.807) is 33.5 Å². The maximum atomic E-state index is 11.9. The van der Waals surface area contributed by atoms with E-state index in [0.29, 0.717) is 81.4 Å². The van der Waals surface area contributed by atoms with Gasteiger partial charge in [0.15, 0.2) is 0 Å². The third kappa shape index (κ3) is 7.86. The molecule has 0 radical (unpaired) electrons. The van der Waals surface area contributed by atoms with Crippen molar-refractivity contribution in [2.24, 2.45) is 0 Å². The monoisotopic (exact) mass is 716 g/mol. The molecular formula is C37H42Cl2N8O3. The second-order valence-electron chi connectivity index (χ2n) is 12.5. The molecule has 50 heavy (non-hydrogen) atoms. The van der Waals surface area contributed by atoms with Gasteiger partial charge >= 0.3 is 0 Å². The topological polar surface area (TPSA) is 126 Å². The van der Waals surface area contributed by atoms with Gasteiger partial charge in [0, 0.05) is 79.7 Å². The van der Waals surface area contributed by atoms with Crippen LogP contribution in [0.3, 0.4) is 0 Å². The molecule has 4 heterocycles. The Bertz CT molecular complexity index is 1870. The van der Waals surface area contributed by atoms with Gasteiger partial charge in [-0.05, 0) is 25.7 Å². The maximum absolute atomic E-state index is 11.9. The summed E-state index contributed by atoms with van der Waals surface area (Å²) in [5.41, 5.74) is 6.47. The molecular weight excluding hydrogens is 675 g/mol. The molecule has 2 saturated heterocycles. The summed E-state index contributed by atoms with van der Waals surface area (Å²) in [6.45, 7) is 8.87. The summed E-state index contributed by atoms with van der Waals surface area (Å²) in [5, 5.41) is 11.2. The van der Waals surface area contributed by atoms with Crippen LogP contribution < -0.4 is 25.4 Å². The molecule has 2 fully saturated rings. The lowest BCUT2D eigenvalue weighted by Crippen LogP contribution is -2.40. The fourth-order valence-corrected chi connectivity index (χ4v) is 7.27. The van der Waals surface area contributed by atoms with E-state index in [0.717, 1.165) is 55.6 Å². The zero-order chi connectivity index (χ0) is 35.2. The summed E-state index contributed by atoms with van der Waals surface area (Å²) >= 11 is 14.1.